The number of nitrogens with zero attached hydrogens (tertiary/aromatic N) is 1. The van der Waals surface area contributed by atoms with E-state index in [-0.39, 0.29) is 36.8 Å². The van der Waals surface area contributed by atoms with Gasteiger partial charge in [-0.25, -0.2) is 0 Å². The van der Waals surface area contributed by atoms with Gasteiger partial charge in [-0.2, -0.15) is 0 Å². The molecule has 0 aromatic heterocycles. The second kappa shape index (κ2) is 9.33. The van der Waals surface area contributed by atoms with Crippen LogP contribution in [0.4, 0.5) is 0 Å². The molecule has 7 nitrogen and oxygen atoms in total. The van der Waals surface area contributed by atoms with Gasteiger partial charge in [0, 0.05) is 26.2 Å². The minimum atomic E-state index is -0.569. The van der Waals surface area contributed by atoms with Crippen LogP contribution in [-0.4, -0.2) is 61.5 Å². The Balaban J connectivity index is 2.09. The molecular formula is C19H27N3O4. The number of likely N-dealkylation sites (tertiary alicyclic amines) is 1. The number of carbonyl (C=O) groups excluding carboxylic acids is 3. The number of hydrogen-bond acceptors (Lipinski definition) is 4. The lowest BCUT2D eigenvalue weighted by molar-refractivity contribution is -0.138. The number of rotatable bonds is 7. The first-order chi connectivity index (χ1) is 12.4. The summed E-state index contributed by atoms with van der Waals surface area (Å²) in [4.78, 5) is 38.5. The third-order valence-electron chi connectivity index (χ3n) is 4.35. The lowest BCUT2D eigenvalue weighted by Gasteiger charge is -2.23. The number of nitrogens with one attached hydrogen (secondary N) is 2. The van der Waals surface area contributed by atoms with E-state index >= 15 is 0 Å². The highest BCUT2D eigenvalue weighted by Crippen LogP contribution is 2.20. The van der Waals surface area contributed by atoms with Gasteiger partial charge in [-0.15, -0.1) is 0 Å². The number of hydrogen-bond donors (Lipinski definition) is 2. The van der Waals surface area contributed by atoms with Gasteiger partial charge in [0.2, 0.25) is 17.7 Å². The van der Waals surface area contributed by atoms with Crippen LogP contribution < -0.4 is 10.6 Å². The fraction of sp³-hybridized carbons (Fsp3) is 0.526. The Morgan fingerprint density at radius 3 is 2.73 bits per heavy atom. The molecule has 1 aliphatic rings. The van der Waals surface area contributed by atoms with Crippen LogP contribution in [-0.2, 0) is 25.5 Å². The Labute approximate surface area is 154 Å². The fourth-order valence-corrected chi connectivity index (χ4v) is 3.26. The highest BCUT2D eigenvalue weighted by atomic mass is 16.5. The quantitative estimate of drug-likeness (QED) is 0.736. The van der Waals surface area contributed by atoms with Gasteiger partial charge in [0.15, 0.2) is 0 Å². The van der Waals surface area contributed by atoms with Crippen LogP contribution in [0.2, 0.25) is 0 Å². The van der Waals surface area contributed by atoms with E-state index in [0.29, 0.717) is 19.5 Å². The van der Waals surface area contributed by atoms with Crippen molar-refractivity contribution < 1.29 is 19.1 Å². The molecular weight excluding hydrogens is 334 g/mol. The first kappa shape index (κ1) is 19.9. The third kappa shape index (κ3) is 5.29. The summed E-state index contributed by atoms with van der Waals surface area (Å²) < 4.78 is 4.82. The molecule has 1 aliphatic heterocycles. The summed E-state index contributed by atoms with van der Waals surface area (Å²) in [6, 6.07) is 6.93. The van der Waals surface area contributed by atoms with Gasteiger partial charge >= 0.3 is 0 Å². The molecule has 0 unspecified atom stereocenters. The Hall–Kier alpha value is -2.41. The van der Waals surface area contributed by atoms with Crippen molar-refractivity contribution in [3.8, 4) is 0 Å². The summed E-state index contributed by atoms with van der Waals surface area (Å²) in [6.07, 6.45) is 0.636. The zero-order valence-corrected chi connectivity index (χ0v) is 15.6. The van der Waals surface area contributed by atoms with Crippen molar-refractivity contribution in [2.75, 3.05) is 26.8 Å². The molecule has 1 aromatic carbocycles. The standard InChI is InChI=1S/C19H27N3O4/c1-4-20-19(25)16-10-15(21-17(23)12-26-3)11-22(16)18(24)9-14-7-5-6-13(2)8-14/h5-8,15-16H,4,9-12H2,1-3H3,(H,20,25)(H,21,23)/t15-,16-/m0/s1. The van der Waals surface area contributed by atoms with Gasteiger partial charge < -0.3 is 20.3 Å². The van der Waals surface area contributed by atoms with E-state index in [1.54, 1.807) is 4.90 Å². The van der Waals surface area contributed by atoms with Crippen LogP contribution in [0.15, 0.2) is 24.3 Å². The second-order valence-electron chi connectivity index (χ2n) is 6.56. The molecule has 0 radical (unpaired) electrons. The molecule has 7 heteroatoms. The van der Waals surface area contributed by atoms with Crippen LogP contribution in [0.3, 0.4) is 0 Å². The molecule has 1 fully saturated rings. The van der Waals surface area contributed by atoms with Crippen molar-refractivity contribution in [1.29, 1.82) is 0 Å². The summed E-state index contributed by atoms with van der Waals surface area (Å²) in [5, 5.41) is 5.60. The monoisotopic (exact) mass is 361 g/mol. The Morgan fingerprint density at radius 1 is 1.31 bits per heavy atom. The van der Waals surface area contributed by atoms with E-state index < -0.39 is 6.04 Å². The third-order valence-corrected chi connectivity index (χ3v) is 4.35. The molecule has 0 saturated carbocycles. The van der Waals surface area contributed by atoms with Crippen molar-refractivity contribution in [3.63, 3.8) is 0 Å². The van der Waals surface area contributed by atoms with Crippen LogP contribution in [0.1, 0.15) is 24.5 Å². The van der Waals surface area contributed by atoms with Crippen molar-refractivity contribution >= 4 is 17.7 Å². The number of methoxy groups -OCH3 is 1. The van der Waals surface area contributed by atoms with Crippen LogP contribution in [0, 0.1) is 6.92 Å². The van der Waals surface area contributed by atoms with Gasteiger partial charge in [-0.1, -0.05) is 29.8 Å². The van der Waals surface area contributed by atoms with Crippen LogP contribution in [0.25, 0.3) is 0 Å². The molecule has 26 heavy (non-hydrogen) atoms. The van der Waals surface area contributed by atoms with Crippen LogP contribution >= 0.6 is 0 Å². The van der Waals surface area contributed by atoms with E-state index in [2.05, 4.69) is 10.6 Å². The molecule has 0 bridgehead atoms. The highest BCUT2D eigenvalue weighted by molar-refractivity contribution is 5.89. The molecule has 0 aliphatic carbocycles. The van der Waals surface area contributed by atoms with Gasteiger partial charge in [0.05, 0.1) is 6.42 Å². The summed E-state index contributed by atoms with van der Waals surface area (Å²) >= 11 is 0. The Kier molecular flexibility index (Phi) is 7.15. The van der Waals surface area contributed by atoms with Gasteiger partial charge in [-0.05, 0) is 25.8 Å². The molecule has 1 heterocycles. The summed E-state index contributed by atoms with van der Waals surface area (Å²) in [5.74, 6) is -0.552. The Bertz CT molecular complexity index is 662. The van der Waals surface area contributed by atoms with Gasteiger partial charge in [0.25, 0.3) is 0 Å². The first-order valence-electron chi connectivity index (χ1n) is 8.85. The minimum absolute atomic E-state index is 0.0421. The fourth-order valence-electron chi connectivity index (χ4n) is 3.26. The predicted molar refractivity (Wildman–Crippen MR) is 97.5 cm³/mol. The highest BCUT2D eigenvalue weighted by Gasteiger charge is 2.39. The maximum Gasteiger partial charge on any atom is 0.246 e. The molecule has 0 spiro atoms. The van der Waals surface area contributed by atoms with E-state index in [1.165, 1.54) is 7.11 Å². The number of likely N-dealkylation sites (N-methyl/N-ethyl adjacent to an activating group) is 1. The lowest BCUT2D eigenvalue weighted by Crippen LogP contribution is -2.46. The van der Waals surface area contributed by atoms with Crippen molar-refractivity contribution in [1.82, 2.24) is 15.5 Å². The molecule has 2 atom stereocenters. The number of aryl methyl sites for hydroxylation is 1. The molecule has 142 valence electrons. The Morgan fingerprint density at radius 2 is 2.08 bits per heavy atom. The number of carbonyl (C=O) groups is 3. The smallest absolute Gasteiger partial charge is 0.246 e. The molecule has 1 aromatic rings. The lowest BCUT2D eigenvalue weighted by atomic mass is 10.1. The van der Waals surface area contributed by atoms with E-state index in [4.69, 9.17) is 4.74 Å². The summed E-state index contributed by atoms with van der Waals surface area (Å²) in [6.45, 7) is 4.59. The number of benzene rings is 1. The number of amides is 3. The molecule has 1 saturated heterocycles. The summed E-state index contributed by atoms with van der Waals surface area (Å²) in [7, 11) is 1.45. The zero-order chi connectivity index (χ0) is 19.1. The largest absolute Gasteiger partial charge is 0.375 e. The summed E-state index contributed by atoms with van der Waals surface area (Å²) in [5.41, 5.74) is 2.00. The first-order valence-corrected chi connectivity index (χ1v) is 8.85. The van der Waals surface area contributed by atoms with Crippen molar-refractivity contribution in [2.45, 2.75) is 38.8 Å². The second-order valence-corrected chi connectivity index (χ2v) is 6.56. The maximum absolute atomic E-state index is 12.8. The van der Waals surface area contributed by atoms with E-state index in [0.717, 1.165) is 11.1 Å². The van der Waals surface area contributed by atoms with E-state index in [1.807, 2.05) is 38.1 Å². The van der Waals surface area contributed by atoms with Crippen LogP contribution in [0.5, 0.6) is 0 Å². The topological polar surface area (TPSA) is 87.7 Å². The number of ether oxygens (including phenoxy) is 1. The van der Waals surface area contributed by atoms with Crippen molar-refractivity contribution in [3.05, 3.63) is 35.4 Å². The molecule has 2 N–H and O–H groups in total. The zero-order valence-electron chi connectivity index (χ0n) is 15.6. The normalized spacial score (nSPS) is 19.3. The SMILES string of the molecule is CCNC(=O)[C@@H]1C[C@H](NC(=O)COC)CN1C(=O)Cc1cccc(C)c1. The van der Waals surface area contributed by atoms with E-state index in [9.17, 15) is 14.4 Å². The average Bonchev–Trinajstić information content (AvgIpc) is 2.99. The van der Waals surface area contributed by atoms with Crippen molar-refractivity contribution in [2.24, 2.45) is 0 Å². The van der Waals surface area contributed by atoms with Gasteiger partial charge in [-0.3, -0.25) is 14.4 Å². The maximum atomic E-state index is 12.8. The molecule has 2 rings (SSSR count). The van der Waals surface area contributed by atoms with Gasteiger partial charge in [0.1, 0.15) is 12.6 Å². The predicted octanol–water partition coefficient (Wildman–Crippen LogP) is 0.406. The average molecular weight is 361 g/mol. The molecule has 3 amide bonds. The minimum Gasteiger partial charge on any atom is -0.375 e.